The molecule has 0 saturated heterocycles. The van der Waals surface area contributed by atoms with Crippen molar-refractivity contribution in [2.45, 2.75) is 18.5 Å². The van der Waals surface area contributed by atoms with E-state index < -0.39 is 0 Å². The van der Waals surface area contributed by atoms with Gasteiger partial charge in [0, 0.05) is 0 Å². The lowest BCUT2D eigenvalue weighted by Gasteiger charge is -2.33. The fraction of sp³-hybridized carbons (Fsp3) is 0.136. The number of aromatic nitrogens is 2. The van der Waals surface area contributed by atoms with Crippen molar-refractivity contribution in [1.29, 1.82) is 0 Å². The number of hydrogen-bond donors (Lipinski definition) is 1. The number of nitrogens with one attached hydrogen (secondary N) is 1. The highest BCUT2D eigenvalue weighted by atomic mass is 19.1. The third-order valence-corrected chi connectivity index (χ3v) is 5.20. The summed E-state index contributed by atoms with van der Waals surface area (Å²) < 4.78 is 29.0. The van der Waals surface area contributed by atoms with E-state index >= 15 is 0 Å². The molecule has 0 fully saturated rings. The minimum Gasteiger partial charge on any atom is -0.349 e. The molecule has 5 rings (SSSR count). The molecule has 1 N–H and O–H groups in total. The average molecular weight is 361 g/mol. The predicted molar refractivity (Wildman–Crippen MR) is 102 cm³/mol. The van der Waals surface area contributed by atoms with E-state index in [1.807, 2.05) is 36.4 Å². The van der Waals surface area contributed by atoms with Crippen LogP contribution in [0, 0.1) is 11.6 Å². The minimum absolute atomic E-state index is 0.00398. The first-order valence-corrected chi connectivity index (χ1v) is 8.93. The second-order valence-electron chi connectivity index (χ2n) is 6.85. The fourth-order valence-corrected chi connectivity index (χ4v) is 3.89. The molecule has 1 aliphatic rings. The second-order valence-corrected chi connectivity index (χ2v) is 6.85. The first kappa shape index (κ1) is 16.0. The van der Waals surface area contributed by atoms with Gasteiger partial charge in [-0.25, -0.2) is 13.8 Å². The van der Waals surface area contributed by atoms with Gasteiger partial charge in [0.05, 0.1) is 23.1 Å². The summed E-state index contributed by atoms with van der Waals surface area (Å²) in [5.74, 6) is 0.265. The summed E-state index contributed by atoms with van der Waals surface area (Å²) in [5, 5.41) is 3.49. The summed E-state index contributed by atoms with van der Waals surface area (Å²) in [4.78, 5) is 4.74. The number of nitrogens with zero attached hydrogens (tertiary/aromatic N) is 2. The standard InChI is InChI=1S/C22H17F2N3/c23-16-9-5-14(6-10-16)19-13-21(15-7-11-17(24)12-8-15)27-20-4-2-1-3-18(20)25-22(27)26-19/h1-12,19,21H,13H2,(H,25,26)/t19-,21-/m1/s1. The SMILES string of the molecule is Fc1ccc([C@H]2C[C@H](c3ccc(F)cc3)Nc3nc4ccccc4n32)cc1. The monoisotopic (exact) mass is 361 g/mol. The van der Waals surface area contributed by atoms with Crippen molar-refractivity contribution in [1.82, 2.24) is 9.55 Å². The van der Waals surface area contributed by atoms with Gasteiger partial charge >= 0.3 is 0 Å². The van der Waals surface area contributed by atoms with E-state index in [0.29, 0.717) is 0 Å². The van der Waals surface area contributed by atoms with Crippen molar-refractivity contribution in [2.75, 3.05) is 5.32 Å². The first-order valence-electron chi connectivity index (χ1n) is 8.93. The third kappa shape index (κ3) is 2.76. The number of benzene rings is 3. The normalized spacial score (nSPS) is 18.9. The molecule has 0 amide bonds. The number of halogens is 2. The van der Waals surface area contributed by atoms with Crippen LogP contribution < -0.4 is 5.32 Å². The zero-order valence-electron chi connectivity index (χ0n) is 14.4. The molecule has 3 aromatic carbocycles. The van der Waals surface area contributed by atoms with Gasteiger partial charge in [0.25, 0.3) is 0 Å². The second kappa shape index (κ2) is 6.20. The largest absolute Gasteiger partial charge is 0.349 e. The fourth-order valence-electron chi connectivity index (χ4n) is 3.89. The summed E-state index contributed by atoms with van der Waals surface area (Å²) in [6.45, 7) is 0. The molecule has 27 heavy (non-hydrogen) atoms. The van der Waals surface area contributed by atoms with Gasteiger partial charge < -0.3 is 9.88 Å². The maximum Gasteiger partial charge on any atom is 0.204 e. The molecule has 0 aliphatic carbocycles. The van der Waals surface area contributed by atoms with Crippen LogP contribution in [-0.2, 0) is 0 Å². The van der Waals surface area contributed by atoms with E-state index in [4.69, 9.17) is 4.98 Å². The average Bonchev–Trinajstić information content (AvgIpc) is 3.07. The van der Waals surface area contributed by atoms with Gasteiger partial charge in [0.2, 0.25) is 5.95 Å². The van der Waals surface area contributed by atoms with E-state index in [-0.39, 0.29) is 23.7 Å². The molecule has 2 heterocycles. The number of anilines is 1. The third-order valence-electron chi connectivity index (χ3n) is 5.20. The van der Waals surface area contributed by atoms with Gasteiger partial charge in [-0.3, -0.25) is 0 Å². The summed E-state index contributed by atoms with van der Waals surface area (Å²) in [6.07, 6.45) is 0.755. The van der Waals surface area contributed by atoms with Crippen LogP contribution in [0.5, 0.6) is 0 Å². The Labute approximate surface area is 155 Å². The van der Waals surface area contributed by atoms with Crippen molar-refractivity contribution >= 4 is 17.0 Å². The molecular weight excluding hydrogens is 344 g/mol. The highest BCUT2D eigenvalue weighted by Crippen LogP contribution is 2.41. The Balaban J connectivity index is 1.65. The van der Waals surface area contributed by atoms with E-state index in [1.165, 1.54) is 24.3 Å². The maximum absolute atomic E-state index is 13.5. The molecule has 0 saturated carbocycles. The Morgan fingerprint density at radius 1 is 0.815 bits per heavy atom. The van der Waals surface area contributed by atoms with Gasteiger partial charge in [-0.15, -0.1) is 0 Å². The zero-order valence-corrected chi connectivity index (χ0v) is 14.4. The van der Waals surface area contributed by atoms with Gasteiger partial charge in [-0.2, -0.15) is 0 Å². The van der Waals surface area contributed by atoms with Crippen molar-refractivity contribution in [3.8, 4) is 0 Å². The quantitative estimate of drug-likeness (QED) is 0.514. The van der Waals surface area contributed by atoms with E-state index in [0.717, 1.165) is 34.5 Å². The molecular formula is C22H17F2N3. The number of hydrogen-bond acceptors (Lipinski definition) is 2. The summed E-state index contributed by atoms with van der Waals surface area (Å²) in [5.41, 5.74) is 3.97. The smallest absolute Gasteiger partial charge is 0.204 e. The van der Waals surface area contributed by atoms with Crippen molar-refractivity contribution in [2.24, 2.45) is 0 Å². The molecule has 0 bridgehead atoms. The van der Waals surface area contributed by atoms with E-state index in [2.05, 4.69) is 9.88 Å². The Bertz CT molecular complexity index is 1100. The lowest BCUT2D eigenvalue weighted by Crippen LogP contribution is -2.27. The van der Waals surface area contributed by atoms with E-state index in [1.54, 1.807) is 12.1 Å². The topological polar surface area (TPSA) is 29.9 Å². The lowest BCUT2D eigenvalue weighted by atomic mass is 9.93. The number of fused-ring (bicyclic) bond motifs is 3. The lowest BCUT2D eigenvalue weighted by molar-refractivity contribution is 0.476. The van der Waals surface area contributed by atoms with Crippen LogP contribution in [0.3, 0.4) is 0 Å². The number of imidazole rings is 1. The molecule has 4 aromatic rings. The number of para-hydroxylation sites is 2. The Morgan fingerprint density at radius 3 is 2.15 bits per heavy atom. The molecule has 1 aliphatic heterocycles. The van der Waals surface area contributed by atoms with Crippen molar-refractivity contribution in [3.63, 3.8) is 0 Å². The molecule has 5 heteroatoms. The molecule has 3 nitrogen and oxygen atoms in total. The minimum atomic E-state index is -0.253. The summed E-state index contributed by atoms with van der Waals surface area (Å²) in [6, 6.07) is 21.1. The van der Waals surface area contributed by atoms with Crippen LogP contribution in [0.15, 0.2) is 72.8 Å². The van der Waals surface area contributed by atoms with Crippen molar-refractivity contribution < 1.29 is 8.78 Å². The summed E-state index contributed by atoms with van der Waals surface area (Å²) >= 11 is 0. The zero-order chi connectivity index (χ0) is 18.4. The Kier molecular flexibility index (Phi) is 3.67. The molecule has 1 aromatic heterocycles. The first-order chi connectivity index (χ1) is 13.2. The van der Waals surface area contributed by atoms with Crippen LogP contribution in [0.1, 0.15) is 29.6 Å². The molecule has 0 unspecified atom stereocenters. The van der Waals surface area contributed by atoms with Crippen LogP contribution in [0.4, 0.5) is 14.7 Å². The Morgan fingerprint density at radius 2 is 1.44 bits per heavy atom. The van der Waals surface area contributed by atoms with Crippen molar-refractivity contribution in [3.05, 3.63) is 95.6 Å². The number of rotatable bonds is 2. The summed E-state index contributed by atoms with van der Waals surface area (Å²) in [7, 11) is 0. The highest BCUT2D eigenvalue weighted by Gasteiger charge is 2.30. The highest BCUT2D eigenvalue weighted by molar-refractivity contribution is 5.79. The maximum atomic E-state index is 13.5. The van der Waals surface area contributed by atoms with Crippen LogP contribution in [-0.4, -0.2) is 9.55 Å². The van der Waals surface area contributed by atoms with Gasteiger partial charge in [0.15, 0.2) is 0 Å². The molecule has 0 spiro atoms. The molecule has 2 atom stereocenters. The van der Waals surface area contributed by atoms with Crippen LogP contribution in [0.2, 0.25) is 0 Å². The van der Waals surface area contributed by atoms with Gasteiger partial charge in [-0.1, -0.05) is 36.4 Å². The van der Waals surface area contributed by atoms with Gasteiger partial charge in [0.1, 0.15) is 11.6 Å². The van der Waals surface area contributed by atoms with Crippen LogP contribution >= 0.6 is 0 Å². The van der Waals surface area contributed by atoms with Gasteiger partial charge in [-0.05, 0) is 53.9 Å². The molecule has 134 valence electrons. The van der Waals surface area contributed by atoms with E-state index in [9.17, 15) is 8.78 Å². The predicted octanol–water partition coefficient (Wildman–Crippen LogP) is 5.46. The molecule has 0 radical (unpaired) electrons. The van der Waals surface area contributed by atoms with Crippen LogP contribution in [0.25, 0.3) is 11.0 Å². The Hall–Kier alpha value is -3.21.